The second kappa shape index (κ2) is 3.39. The van der Waals surface area contributed by atoms with Gasteiger partial charge in [-0.05, 0) is 6.07 Å². The smallest absolute Gasteiger partial charge is 0.348 e. The minimum atomic E-state index is -0.479. The maximum atomic E-state index is 11.2. The van der Waals surface area contributed by atoms with Gasteiger partial charge in [0.2, 0.25) is 6.20 Å². The Labute approximate surface area is 88.7 Å². The van der Waals surface area contributed by atoms with Crippen molar-refractivity contribution in [1.82, 2.24) is 0 Å². The van der Waals surface area contributed by atoms with Crippen LogP contribution in [0.25, 0.3) is 10.1 Å². The van der Waals surface area contributed by atoms with Crippen LogP contribution in [-0.4, -0.2) is 18.2 Å². The van der Waals surface area contributed by atoms with E-state index in [1.54, 1.807) is 0 Å². The molecule has 1 N–H and O–H groups in total. The molecule has 0 fully saturated rings. The van der Waals surface area contributed by atoms with E-state index in [-0.39, 0.29) is 5.75 Å². The summed E-state index contributed by atoms with van der Waals surface area (Å²) in [6.07, 6.45) is 2.34. The van der Waals surface area contributed by atoms with E-state index < -0.39 is 5.97 Å². The number of rotatable bonds is 1. The first-order chi connectivity index (χ1) is 7.11. The van der Waals surface area contributed by atoms with Gasteiger partial charge in [0.05, 0.1) is 7.11 Å². The molecule has 2 heterocycles. The second-order valence-electron chi connectivity index (χ2n) is 2.88. The molecule has 2 rings (SSSR count). The van der Waals surface area contributed by atoms with Crippen LogP contribution in [0.4, 0.5) is 0 Å². The first kappa shape index (κ1) is 9.72. The van der Waals surface area contributed by atoms with Crippen LogP contribution in [0.15, 0.2) is 18.5 Å². The molecule has 0 bridgehead atoms. The van der Waals surface area contributed by atoms with Gasteiger partial charge in [-0.25, -0.2) is 4.79 Å². The van der Waals surface area contributed by atoms with Crippen LogP contribution in [-0.2, 0) is 4.74 Å². The fourth-order valence-corrected chi connectivity index (χ4v) is 2.26. The lowest BCUT2D eigenvalue weighted by Crippen LogP contribution is -2.23. The SMILES string of the molecule is COC(=O)c1cc2c(O)c[n+]([O-])cc2s1. The molecule has 15 heavy (non-hydrogen) atoms. The third-order valence-electron chi connectivity index (χ3n) is 1.92. The first-order valence-corrected chi connectivity index (χ1v) is 4.87. The number of aromatic nitrogens is 1. The number of hydrogen-bond acceptors (Lipinski definition) is 5. The average Bonchev–Trinajstić information content (AvgIpc) is 2.60. The monoisotopic (exact) mass is 225 g/mol. The standard InChI is InChI=1S/C9H7NO4S/c1-14-9(12)7-2-5-6(11)3-10(13)4-8(5)15-7/h2-4,11H,1H3. The Morgan fingerprint density at radius 3 is 3.00 bits per heavy atom. The quantitative estimate of drug-likeness (QED) is 0.447. The molecule has 0 amide bonds. The predicted molar refractivity (Wildman–Crippen MR) is 53.8 cm³/mol. The van der Waals surface area contributed by atoms with Crippen LogP contribution in [0.2, 0.25) is 0 Å². The average molecular weight is 225 g/mol. The van der Waals surface area contributed by atoms with Crippen LogP contribution in [0.3, 0.4) is 0 Å². The zero-order valence-corrected chi connectivity index (χ0v) is 8.58. The van der Waals surface area contributed by atoms with Crippen LogP contribution in [0.5, 0.6) is 5.75 Å². The molecule has 0 aliphatic carbocycles. The van der Waals surface area contributed by atoms with Gasteiger partial charge in [-0.1, -0.05) is 0 Å². The molecule has 0 aliphatic rings. The van der Waals surface area contributed by atoms with Crippen molar-refractivity contribution in [2.75, 3.05) is 7.11 Å². The maximum absolute atomic E-state index is 11.2. The zero-order valence-electron chi connectivity index (χ0n) is 7.76. The van der Waals surface area contributed by atoms with E-state index in [1.807, 2.05) is 0 Å². The van der Waals surface area contributed by atoms with Crippen molar-refractivity contribution in [2.24, 2.45) is 0 Å². The van der Waals surface area contributed by atoms with Gasteiger partial charge in [0.1, 0.15) is 9.58 Å². The molecule has 0 saturated carbocycles. The van der Waals surface area contributed by atoms with Gasteiger partial charge in [-0.15, -0.1) is 11.3 Å². The first-order valence-electron chi connectivity index (χ1n) is 4.05. The fraction of sp³-hybridized carbons (Fsp3) is 0.111. The van der Waals surface area contributed by atoms with E-state index in [4.69, 9.17) is 0 Å². The number of carbonyl (C=O) groups excluding carboxylic acids is 1. The number of esters is 1. The number of thiophene rings is 1. The molecule has 0 spiro atoms. The normalized spacial score (nSPS) is 10.5. The van der Waals surface area contributed by atoms with E-state index >= 15 is 0 Å². The summed E-state index contributed by atoms with van der Waals surface area (Å²) in [5.41, 5.74) is 0. The Hall–Kier alpha value is -1.82. The van der Waals surface area contributed by atoms with E-state index in [9.17, 15) is 15.1 Å². The van der Waals surface area contributed by atoms with E-state index in [0.717, 1.165) is 17.5 Å². The number of carbonyl (C=O) groups is 1. The molecule has 0 aromatic carbocycles. The molecule has 0 unspecified atom stereocenters. The largest absolute Gasteiger partial charge is 0.619 e. The predicted octanol–water partition coefficient (Wildman–Crippen LogP) is 1.03. The Morgan fingerprint density at radius 2 is 2.33 bits per heavy atom. The van der Waals surface area contributed by atoms with Crippen molar-refractivity contribution >= 4 is 27.4 Å². The van der Waals surface area contributed by atoms with Crippen molar-refractivity contribution in [3.05, 3.63) is 28.5 Å². The van der Waals surface area contributed by atoms with E-state index in [1.165, 1.54) is 19.4 Å². The minimum Gasteiger partial charge on any atom is -0.619 e. The topological polar surface area (TPSA) is 73.5 Å². The Bertz CT molecular complexity index is 534. The van der Waals surface area contributed by atoms with E-state index in [2.05, 4.69) is 4.74 Å². The number of fused-ring (bicyclic) bond motifs is 1. The van der Waals surface area contributed by atoms with Crippen molar-refractivity contribution in [3.8, 4) is 5.75 Å². The van der Waals surface area contributed by atoms with Crippen LogP contribution in [0, 0.1) is 5.21 Å². The third-order valence-corrected chi connectivity index (χ3v) is 2.97. The molecule has 0 radical (unpaired) electrons. The number of ether oxygens (including phenoxy) is 1. The molecule has 2 aromatic rings. The lowest BCUT2D eigenvalue weighted by Gasteiger charge is -1.95. The highest BCUT2D eigenvalue weighted by atomic mass is 32.1. The molecule has 0 atom stereocenters. The molecule has 0 saturated heterocycles. The van der Waals surface area contributed by atoms with Crippen molar-refractivity contribution in [3.63, 3.8) is 0 Å². The van der Waals surface area contributed by atoms with Gasteiger partial charge < -0.3 is 15.1 Å². The summed E-state index contributed by atoms with van der Waals surface area (Å²) < 4.78 is 5.58. The summed E-state index contributed by atoms with van der Waals surface area (Å²) in [6.45, 7) is 0. The number of hydrogen-bond donors (Lipinski definition) is 1. The van der Waals surface area contributed by atoms with Crippen molar-refractivity contribution in [2.45, 2.75) is 0 Å². The van der Waals surface area contributed by atoms with Gasteiger partial charge in [-0.2, -0.15) is 4.73 Å². The number of aromatic hydroxyl groups is 1. The van der Waals surface area contributed by atoms with E-state index in [0.29, 0.717) is 19.7 Å². The summed E-state index contributed by atoms with van der Waals surface area (Å²) >= 11 is 1.10. The highest BCUT2D eigenvalue weighted by Gasteiger charge is 2.15. The van der Waals surface area contributed by atoms with Crippen LogP contribution in [0.1, 0.15) is 9.67 Å². The Morgan fingerprint density at radius 1 is 1.60 bits per heavy atom. The Balaban J connectivity index is 2.65. The maximum Gasteiger partial charge on any atom is 0.348 e. The summed E-state index contributed by atoms with van der Waals surface area (Å²) in [7, 11) is 1.28. The highest BCUT2D eigenvalue weighted by Crippen LogP contribution is 2.30. The summed E-state index contributed by atoms with van der Waals surface area (Å²) in [6, 6.07) is 1.50. The van der Waals surface area contributed by atoms with Gasteiger partial charge >= 0.3 is 5.97 Å². The van der Waals surface area contributed by atoms with Gasteiger partial charge in [0, 0.05) is 5.39 Å². The second-order valence-corrected chi connectivity index (χ2v) is 3.97. The minimum absolute atomic E-state index is 0.145. The molecule has 2 aromatic heterocycles. The summed E-state index contributed by atoms with van der Waals surface area (Å²) in [4.78, 5) is 11.6. The van der Waals surface area contributed by atoms with Crippen molar-refractivity contribution in [1.29, 1.82) is 0 Å². The van der Waals surface area contributed by atoms with Gasteiger partial charge in [0.15, 0.2) is 11.9 Å². The zero-order chi connectivity index (χ0) is 11.0. The molecular weight excluding hydrogens is 218 g/mol. The lowest BCUT2D eigenvalue weighted by molar-refractivity contribution is -0.604. The summed E-state index contributed by atoms with van der Waals surface area (Å²) in [5.74, 6) is -0.623. The number of methoxy groups -OCH3 is 1. The number of pyridine rings is 1. The van der Waals surface area contributed by atoms with Gasteiger partial charge in [0.25, 0.3) is 0 Å². The molecular formula is C9H7NO4S. The van der Waals surface area contributed by atoms with Crippen LogP contribution >= 0.6 is 11.3 Å². The third kappa shape index (κ3) is 1.59. The number of nitrogens with zero attached hydrogens (tertiary/aromatic N) is 1. The molecule has 5 nitrogen and oxygen atoms in total. The fourth-order valence-electron chi connectivity index (χ4n) is 1.25. The Kier molecular flexibility index (Phi) is 2.20. The molecule has 0 aliphatic heterocycles. The molecule has 78 valence electrons. The van der Waals surface area contributed by atoms with Gasteiger partial charge in [-0.3, -0.25) is 0 Å². The molecule has 6 heteroatoms. The van der Waals surface area contributed by atoms with Crippen molar-refractivity contribution < 1.29 is 19.4 Å². The summed E-state index contributed by atoms with van der Waals surface area (Å²) in [5, 5.41) is 20.9. The van der Waals surface area contributed by atoms with Crippen LogP contribution < -0.4 is 4.73 Å². The highest BCUT2D eigenvalue weighted by molar-refractivity contribution is 7.20. The lowest BCUT2D eigenvalue weighted by atomic mass is 10.3.